The number of nitro groups is 1. The van der Waals surface area contributed by atoms with Crippen molar-refractivity contribution in [3.05, 3.63) is 118 Å². The van der Waals surface area contributed by atoms with Crippen LogP contribution in [0.5, 0.6) is 5.75 Å². The summed E-state index contributed by atoms with van der Waals surface area (Å²) in [7, 11) is 1.15. The second-order valence-electron chi connectivity index (χ2n) is 9.07. The molecule has 0 aliphatic carbocycles. The number of hydrogen-bond acceptors (Lipinski definition) is 6. The van der Waals surface area contributed by atoms with Gasteiger partial charge in [-0.3, -0.25) is 14.9 Å². The van der Waals surface area contributed by atoms with Crippen LogP contribution >= 0.6 is 0 Å². The maximum absolute atomic E-state index is 13.1. The molecule has 0 fully saturated rings. The molecule has 0 bridgehead atoms. The van der Waals surface area contributed by atoms with E-state index in [9.17, 15) is 38.0 Å². The first-order valence-corrected chi connectivity index (χ1v) is 12.2. The Balaban J connectivity index is 1.54. The van der Waals surface area contributed by atoms with Crippen LogP contribution in [-0.2, 0) is 22.1 Å². The SMILES string of the molecule is COC(=O)[C@H](Cc1ccc(-c2cccc(C(F)(F)F)c2)cc1)NC(=O)c1cc(-c2cccc([N+](=O)[O-])c2)ccc1O. The number of nitrogens with zero attached hydrogens (tertiary/aromatic N) is 1. The summed E-state index contributed by atoms with van der Waals surface area (Å²) in [6.45, 7) is 0. The van der Waals surface area contributed by atoms with Gasteiger partial charge in [-0.05, 0) is 52.1 Å². The Kier molecular flexibility index (Phi) is 8.37. The van der Waals surface area contributed by atoms with Gasteiger partial charge in [0, 0.05) is 18.6 Å². The second kappa shape index (κ2) is 11.9. The lowest BCUT2D eigenvalue weighted by Crippen LogP contribution is -2.43. The predicted molar refractivity (Wildman–Crippen MR) is 144 cm³/mol. The first kappa shape index (κ1) is 28.8. The number of benzene rings is 4. The highest BCUT2D eigenvalue weighted by atomic mass is 19.4. The van der Waals surface area contributed by atoms with E-state index in [0.717, 1.165) is 19.2 Å². The molecule has 0 spiro atoms. The van der Waals surface area contributed by atoms with Crippen LogP contribution in [0.1, 0.15) is 21.5 Å². The summed E-state index contributed by atoms with van der Waals surface area (Å²) in [5, 5.41) is 24.0. The minimum atomic E-state index is -4.48. The molecule has 4 rings (SSSR count). The van der Waals surface area contributed by atoms with E-state index in [0.29, 0.717) is 27.8 Å². The van der Waals surface area contributed by atoms with Gasteiger partial charge in [-0.15, -0.1) is 0 Å². The number of carbonyl (C=O) groups excluding carboxylic acids is 2. The number of nitrogens with one attached hydrogen (secondary N) is 1. The molecule has 0 aromatic heterocycles. The van der Waals surface area contributed by atoms with Gasteiger partial charge in [0.2, 0.25) is 0 Å². The maximum atomic E-state index is 13.1. The number of phenols is 1. The zero-order chi connectivity index (χ0) is 29.7. The maximum Gasteiger partial charge on any atom is 0.416 e. The molecule has 2 N–H and O–H groups in total. The van der Waals surface area contributed by atoms with Crippen molar-refractivity contribution in [2.45, 2.75) is 18.6 Å². The molecule has 1 amide bonds. The van der Waals surface area contributed by atoms with Crippen molar-refractivity contribution in [2.24, 2.45) is 0 Å². The van der Waals surface area contributed by atoms with Gasteiger partial charge in [0.05, 0.1) is 23.2 Å². The molecule has 210 valence electrons. The Morgan fingerprint density at radius 3 is 2.15 bits per heavy atom. The minimum Gasteiger partial charge on any atom is -0.507 e. The number of esters is 1. The molecule has 0 unspecified atom stereocenters. The Labute approximate surface area is 232 Å². The normalized spacial score (nSPS) is 11.9. The van der Waals surface area contributed by atoms with E-state index >= 15 is 0 Å². The third kappa shape index (κ3) is 6.88. The summed E-state index contributed by atoms with van der Waals surface area (Å²) in [6, 6.07) is 20.1. The summed E-state index contributed by atoms with van der Waals surface area (Å²) in [4.78, 5) is 36.2. The third-order valence-corrected chi connectivity index (χ3v) is 6.34. The number of ether oxygens (including phenoxy) is 1. The van der Waals surface area contributed by atoms with Crippen LogP contribution in [0.3, 0.4) is 0 Å². The summed E-state index contributed by atoms with van der Waals surface area (Å²) in [6.07, 6.45) is -4.48. The van der Waals surface area contributed by atoms with Gasteiger partial charge in [0.15, 0.2) is 0 Å². The molecule has 1 atom stereocenters. The fourth-order valence-electron chi connectivity index (χ4n) is 4.21. The van der Waals surface area contributed by atoms with E-state index in [1.54, 1.807) is 36.4 Å². The Hall–Kier alpha value is -5.19. The van der Waals surface area contributed by atoms with Crippen molar-refractivity contribution in [3.63, 3.8) is 0 Å². The fraction of sp³-hybridized carbons (Fsp3) is 0.133. The topological polar surface area (TPSA) is 119 Å². The molecular weight excluding hydrogens is 541 g/mol. The van der Waals surface area contributed by atoms with Crippen molar-refractivity contribution in [3.8, 4) is 28.0 Å². The van der Waals surface area contributed by atoms with Crippen molar-refractivity contribution < 1.29 is 37.5 Å². The first-order valence-electron chi connectivity index (χ1n) is 12.2. The average Bonchev–Trinajstić information content (AvgIpc) is 2.96. The van der Waals surface area contributed by atoms with E-state index in [-0.39, 0.29) is 23.4 Å². The van der Waals surface area contributed by atoms with Crippen molar-refractivity contribution >= 4 is 17.6 Å². The molecule has 4 aromatic rings. The van der Waals surface area contributed by atoms with Crippen LogP contribution in [0.2, 0.25) is 0 Å². The van der Waals surface area contributed by atoms with Gasteiger partial charge in [-0.1, -0.05) is 54.6 Å². The minimum absolute atomic E-state index is 0.00732. The fourth-order valence-corrected chi connectivity index (χ4v) is 4.21. The lowest BCUT2D eigenvalue weighted by atomic mass is 9.98. The summed E-state index contributed by atoms with van der Waals surface area (Å²) in [5.41, 5.74) is 1.27. The van der Waals surface area contributed by atoms with E-state index < -0.39 is 34.6 Å². The zero-order valence-electron chi connectivity index (χ0n) is 21.5. The highest BCUT2D eigenvalue weighted by molar-refractivity contribution is 6.00. The van der Waals surface area contributed by atoms with Crippen LogP contribution in [-0.4, -0.2) is 35.1 Å². The number of non-ortho nitro benzene ring substituents is 1. The highest BCUT2D eigenvalue weighted by Gasteiger charge is 2.30. The molecule has 0 saturated heterocycles. The summed E-state index contributed by atoms with van der Waals surface area (Å²) in [5.74, 6) is -1.91. The zero-order valence-corrected chi connectivity index (χ0v) is 21.5. The van der Waals surface area contributed by atoms with Gasteiger partial charge in [0.1, 0.15) is 11.8 Å². The van der Waals surface area contributed by atoms with E-state index in [1.165, 1.54) is 42.5 Å². The number of aromatic hydroxyl groups is 1. The van der Waals surface area contributed by atoms with Crippen LogP contribution in [0.15, 0.2) is 91.0 Å². The first-order chi connectivity index (χ1) is 19.5. The van der Waals surface area contributed by atoms with Crippen LogP contribution < -0.4 is 5.32 Å². The van der Waals surface area contributed by atoms with Crippen LogP contribution in [0.4, 0.5) is 18.9 Å². The van der Waals surface area contributed by atoms with E-state index in [2.05, 4.69) is 5.32 Å². The van der Waals surface area contributed by atoms with Crippen LogP contribution in [0, 0.1) is 10.1 Å². The molecule has 8 nitrogen and oxygen atoms in total. The molecule has 0 radical (unpaired) electrons. The number of phenolic OH excluding ortho intramolecular Hbond substituents is 1. The van der Waals surface area contributed by atoms with Crippen molar-refractivity contribution in [2.75, 3.05) is 7.11 Å². The number of rotatable bonds is 8. The largest absolute Gasteiger partial charge is 0.507 e. The smallest absolute Gasteiger partial charge is 0.416 e. The van der Waals surface area contributed by atoms with Crippen molar-refractivity contribution in [1.29, 1.82) is 0 Å². The predicted octanol–water partition coefficient (Wildman–Crippen LogP) is 6.17. The lowest BCUT2D eigenvalue weighted by molar-refractivity contribution is -0.384. The number of carbonyl (C=O) groups is 2. The number of amides is 1. The molecule has 0 saturated carbocycles. The highest BCUT2D eigenvalue weighted by Crippen LogP contribution is 2.32. The Morgan fingerprint density at radius 2 is 1.51 bits per heavy atom. The van der Waals surface area contributed by atoms with Gasteiger partial charge >= 0.3 is 12.1 Å². The Bertz CT molecular complexity index is 1600. The van der Waals surface area contributed by atoms with Gasteiger partial charge in [0.25, 0.3) is 11.6 Å². The number of hydrogen-bond donors (Lipinski definition) is 2. The number of halogens is 3. The van der Waals surface area contributed by atoms with Crippen LogP contribution in [0.25, 0.3) is 22.3 Å². The standard InChI is InChI=1S/C30H23F3N2O6/c1-41-29(38)26(14-18-8-10-19(11-9-18)20-4-2-6-23(15-20)30(31,32)33)34-28(37)25-17-22(12-13-27(25)36)21-5-3-7-24(16-21)35(39)40/h2-13,15-17,26,36H,14H2,1H3,(H,34,37)/t26-/m0/s1. The van der Waals surface area contributed by atoms with Gasteiger partial charge in [-0.2, -0.15) is 13.2 Å². The molecule has 41 heavy (non-hydrogen) atoms. The second-order valence-corrected chi connectivity index (χ2v) is 9.07. The summed E-state index contributed by atoms with van der Waals surface area (Å²) >= 11 is 0. The van der Waals surface area contributed by atoms with E-state index in [1.807, 2.05) is 0 Å². The lowest BCUT2D eigenvalue weighted by Gasteiger charge is -2.18. The van der Waals surface area contributed by atoms with E-state index in [4.69, 9.17) is 4.74 Å². The Morgan fingerprint density at radius 1 is 0.902 bits per heavy atom. The number of methoxy groups -OCH3 is 1. The number of nitro benzene ring substituents is 1. The number of alkyl halides is 3. The molecule has 4 aromatic carbocycles. The third-order valence-electron chi connectivity index (χ3n) is 6.34. The average molecular weight is 565 g/mol. The molecular formula is C30H23F3N2O6. The summed E-state index contributed by atoms with van der Waals surface area (Å²) < 4.78 is 44.1. The molecule has 11 heteroatoms. The molecule has 0 heterocycles. The molecule has 0 aliphatic heterocycles. The monoisotopic (exact) mass is 564 g/mol. The molecule has 0 aliphatic rings. The van der Waals surface area contributed by atoms with Crippen molar-refractivity contribution in [1.82, 2.24) is 5.32 Å². The van der Waals surface area contributed by atoms with Gasteiger partial charge in [-0.25, -0.2) is 4.79 Å². The van der Waals surface area contributed by atoms with Gasteiger partial charge < -0.3 is 15.2 Å². The quantitative estimate of drug-likeness (QED) is 0.150.